The number of furan rings is 1. The minimum Gasteiger partial charge on any atom is -0.465 e. The number of aromatic nitrogens is 2. The minimum atomic E-state index is -0.207. The molecule has 0 saturated carbocycles. The quantitative estimate of drug-likeness (QED) is 0.918. The van der Waals surface area contributed by atoms with Gasteiger partial charge in [0.05, 0.1) is 17.8 Å². The highest BCUT2D eigenvalue weighted by molar-refractivity contribution is 5.94. The van der Waals surface area contributed by atoms with E-state index in [1.165, 1.54) is 0 Å². The van der Waals surface area contributed by atoms with E-state index in [1.807, 2.05) is 33.2 Å². The van der Waals surface area contributed by atoms with Gasteiger partial charge in [-0.15, -0.1) is 0 Å². The Labute approximate surface area is 117 Å². The van der Waals surface area contributed by atoms with Crippen LogP contribution in [0.25, 0.3) is 0 Å². The van der Waals surface area contributed by atoms with Crippen molar-refractivity contribution in [2.45, 2.75) is 20.4 Å². The molecular formula is C14H18N4O2. The van der Waals surface area contributed by atoms with Crippen molar-refractivity contribution in [3.8, 4) is 0 Å². The molecule has 20 heavy (non-hydrogen) atoms. The Kier molecular flexibility index (Phi) is 4.02. The molecule has 0 fully saturated rings. The first-order chi connectivity index (χ1) is 9.47. The Hall–Kier alpha value is -2.37. The average Bonchev–Trinajstić information content (AvgIpc) is 2.81. The summed E-state index contributed by atoms with van der Waals surface area (Å²) < 4.78 is 5.40. The smallest absolute Gasteiger partial charge is 0.255 e. The van der Waals surface area contributed by atoms with Crippen LogP contribution in [-0.2, 0) is 6.54 Å². The van der Waals surface area contributed by atoms with E-state index in [0.29, 0.717) is 23.8 Å². The van der Waals surface area contributed by atoms with Crippen molar-refractivity contribution in [1.82, 2.24) is 15.3 Å². The molecule has 0 spiro atoms. The molecule has 6 heteroatoms. The molecule has 106 valence electrons. The van der Waals surface area contributed by atoms with Crippen molar-refractivity contribution in [3.05, 3.63) is 41.1 Å². The topological polar surface area (TPSA) is 71.3 Å². The molecule has 2 heterocycles. The predicted octanol–water partition coefficient (Wildman–Crippen LogP) is 1.68. The van der Waals surface area contributed by atoms with E-state index in [1.54, 1.807) is 18.0 Å². The zero-order valence-corrected chi connectivity index (χ0v) is 12.1. The van der Waals surface area contributed by atoms with Crippen LogP contribution in [0.4, 0.5) is 5.95 Å². The Morgan fingerprint density at radius 2 is 2.10 bits per heavy atom. The summed E-state index contributed by atoms with van der Waals surface area (Å²) in [5, 5.41) is 2.79. The van der Waals surface area contributed by atoms with Crippen LogP contribution in [0.3, 0.4) is 0 Å². The van der Waals surface area contributed by atoms with Gasteiger partial charge < -0.3 is 14.6 Å². The lowest BCUT2D eigenvalue weighted by Crippen LogP contribution is -2.24. The van der Waals surface area contributed by atoms with Gasteiger partial charge in [-0.2, -0.15) is 0 Å². The van der Waals surface area contributed by atoms with E-state index in [-0.39, 0.29) is 5.91 Å². The lowest BCUT2D eigenvalue weighted by Gasteiger charge is -2.12. The van der Waals surface area contributed by atoms with E-state index in [2.05, 4.69) is 15.3 Å². The van der Waals surface area contributed by atoms with Crippen molar-refractivity contribution in [1.29, 1.82) is 0 Å². The number of hydrogen-bond donors (Lipinski definition) is 1. The normalized spacial score (nSPS) is 10.4. The number of rotatable bonds is 4. The summed E-state index contributed by atoms with van der Waals surface area (Å²) >= 11 is 0. The number of carbonyl (C=O) groups is 1. The Balaban J connectivity index is 2.05. The molecule has 0 radical (unpaired) electrons. The van der Waals surface area contributed by atoms with Gasteiger partial charge in [0, 0.05) is 20.3 Å². The zero-order valence-electron chi connectivity index (χ0n) is 12.1. The second-order valence-electron chi connectivity index (χ2n) is 4.76. The third-order valence-corrected chi connectivity index (χ3v) is 2.83. The van der Waals surface area contributed by atoms with Gasteiger partial charge in [0.2, 0.25) is 5.95 Å². The number of anilines is 1. The monoisotopic (exact) mass is 274 g/mol. The van der Waals surface area contributed by atoms with Crippen LogP contribution in [0.1, 0.15) is 27.6 Å². The maximum atomic E-state index is 12.1. The summed E-state index contributed by atoms with van der Waals surface area (Å²) in [6, 6.07) is 3.70. The lowest BCUT2D eigenvalue weighted by atomic mass is 10.2. The molecule has 6 nitrogen and oxygen atoms in total. The molecule has 0 bridgehead atoms. The van der Waals surface area contributed by atoms with E-state index < -0.39 is 0 Å². The minimum absolute atomic E-state index is 0.207. The predicted molar refractivity (Wildman–Crippen MR) is 75.7 cm³/mol. The van der Waals surface area contributed by atoms with Crippen molar-refractivity contribution < 1.29 is 9.21 Å². The average molecular weight is 274 g/mol. The van der Waals surface area contributed by atoms with Gasteiger partial charge >= 0.3 is 0 Å². The maximum absolute atomic E-state index is 12.1. The molecule has 0 aliphatic rings. The van der Waals surface area contributed by atoms with Gasteiger partial charge in [0.15, 0.2) is 0 Å². The fraction of sp³-hybridized carbons (Fsp3) is 0.357. The molecule has 0 aromatic carbocycles. The van der Waals surface area contributed by atoms with Gasteiger partial charge in [-0.1, -0.05) is 0 Å². The van der Waals surface area contributed by atoms with Gasteiger partial charge in [-0.3, -0.25) is 4.79 Å². The van der Waals surface area contributed by atoms with Gasteiger partial charge in [-0.05, 0) is 26.0 Å². The third kappa shape index (κ3) is 3.14. The second-order valence-corrected chi connectivity index (χ2v) is 4.76. The highest BCUT2D eigenvalue weighted by Gasteiger charge is 2.12. The molecular weight excluding hydrogens is 256 g/mol. The number of aryl methyl sites for hydroxylation is 2. The summed E-state index contributed by atoms with van der Waals surface area (Å²) in [6.45, 7) is 4.01. The Morgan fingerprint density at radius 1 is 1.35 bits per heavy atom. The van der Waals surface area contributed by atoms with E-state index in [4.69, 9.17) is 4.42 Å². The second kappa shape index (κ2) is 5.73. The fourth-order valence-corrected chi connectivity index (χ4v) is 1.74. The Bertz CT molecular complexity index is 619. The van der Waals surface area contributed by atoms with Crippen LogP contribution in [-0.4, -0.2) is 30.0 Å². The zero-order chi connectivity index (χ0) is 14.7. The molecule has 0 aliphatic carbocycles. The highest BCUT2D eigenvalue weighted by Crippen LogP contribution is 2.10. The van der Waals surface area contributed by atoms with Crippen molar-refractivity contribution in [2.75, 3.05) is 19.0 Å². The van der Waals surface area contributed by atoms with E-state index in [9.17, 15) is 4.79 Å². The van der Waals surface area contributed by atoms with Gasteiger partial charge in [-0.25, -0.2) is 9.97 Å². The van der Waals surface area contributed by atoms with Crippen LogP contribution in [0.2, 0.25) is 0 Å². The first kappa shape index (κ1) is 14.0. The summed E-state index contributed by atoms with van der Waals surface area (Å²) in [7, 11) is 3.71. The largest absolute Gasteiger partial charge is 0.465 e. The lowest BCUT2D eigenvalue weighted by molar-refractivity contribution is 0.0946. The SMILES string of the molecule is Cc1ccc(CNC(=O)c2cnc(N(C)C)nc2C)o1. The summed E-state index contributed by atoms with van der Waals surface area (Å²) in [5.74, 6) is 1.92. The highest BCUT2D eigenvalue weighted by atomic mass is 16.3. The fourth-order valence-electron chi connectivity index (χ4n) is 1.74. The standard InChI is InChI=1S/C14H18N4O2/c1-9-5-6-11(20-9)7-15-13(19)12-8-16-14(18(3)4)17-10(12)2/h5-6,8H,7H2,1-4H3,(H,15,19). The number of amides is 1. The number of hydrogen-bond acceptors (Lipinski definition) is 5. The molecule has 0 aliphatic heterocycles. The van der Waals surface area contributed by atoms with E-state index >= 15 is 0 Å². The first-order valence-electron chi connectivity index (χ1n) is 6.32. The molecule has 0 unspecified atom stereocenters. The molecule has 1 amide bonds. The molecule has 0 atom stereocenters. The van der Waals surface area contributed by atoms with Crippen LogP contribution in [0.5, 0.6) is 0 Å². The van der Waals surface area contributed by atoms with Crippen molar-refractivity contribution in [2.24, 2.45) is 0 Å². The van der Waals surface area contributed by atoms with Crippen LogP contribution in [0.15, 0.2) is 22.7 Å². The summed E-state index contributed by atoms with van der Waals surface area (Å²) in [6.07, 6.45) is 1.54. The molecule has 2 rings (SSSR count). The third-order valence-electron chi connectivity index (χ3n) is 2.83. The molecule has 2 aromatic heterocycles. The molecule has 0 saturated heterocycles. The first-order valence-corrected chi connectivity index (χ1v) is 6.32. The molecule has 2 aromatic rings. The van der Waals surface area contributed by atoms with E-state index in [0.717, 1.165) is 11.5 Å². The number of carbonyl (C=O) groups excluding carboxylic acids is 1. The molecule has 1 N–H and O–H groups in total. The van der Waals surface area contributed by atoms with Gasteiger partial charge in [0.1, 0.15) is 11.5 Å². The van der Waals surface area contributed by atoms with Gasteiger partial charge in [0.25, 0.3) is 5.91 Å². The van der Waals surface area contributed by atoms with Crippen LogP contribution < -0.4 is 10.2 Å². The van der Waals surface area contributed by atoms with Crippen LogP contribution in [0, 0.1) is 13.8 Å². The summed E-state index contributed by atoms with van der Waals surface area (Å²) in [4.78, 5) is 22.3. The Morgan fingerprint density at radius 3 is 2.65 bits per heavy atom. The summed E-state index contributed by atoms with van der Waals surface area (Å²) in [5.41, 5.74) is 1.12. The van der Waals surface area contributed by atoms with Crippen molar-refractivity contribution >= 4 is 11.9 Å². The number of nitrogens with one attached hydrogen (secondary N) is 1. The number of nitrogens with zero attached hydrogens (tertiary/aromatic N) is 3. The van der Waals surface area contributed by atoms with Crippen molar-refractivity contribution in [3.63, 3.8) is 0 Å². The van der Waals surface area contributed by atoms with Crippen LogP contribution >= 0.6 is 0 Å². The maximum Gasteiger partial charge on any atom is 0.255 e.